The van der Waals surface area contributed by atoms with Crippen molar-refractivity contribution in [1.29, 1.82) is 0 Å². The Hall–Kier alpha value is -0.510. The SMILES string of the molecule is Clc1ccc(Br)cc1C(Br)c1ccc2c(c1)CCO2. The number of hydrogen-bond donors (Lipinski definition) is 0. The Kier molecular flexibility index (Phi) is 3.88. The van der Waals surface area contributed by atoms with E-state index in [1.165, 1.54) is 11.1 Å². The van der Waals surface area contributed by atoms with Gasteiger partial charge in [-0.1, -0.05) is 55.6 Å². The minimum Gasteiger partial charge on any atom is -0.493 e. The highest BCUT2D eigenvalue weighted by Gasteiger charge is 2.18. The Labute approximate surface area is 134 Å². The Morgan fingerprint density at radius 3 is 2.84 bits per heavy atom. The molecular formula is C15H11Br2ClO. The van der Waals surface area contributed by atoms with Crippen molar-refractivity contribution < 1.29 is 4.74 Å². The van der Waals surface area contributed by atoms with E-state index in [9.17, 15) is 0 Å². The van der Waals surface area contributed by atoms with Crippen LogP contribution in [0.2, 0.25) is 5.02 Å². The van der Waals surface area contributed by atoms with Gasteiger partial charge in [0, 0.05) is 15.9 Å². The van der Waals surface area contributed by atoms with E-state index in [0.29, 0.717) is 0 Å². The number of fused-ring (bicyclic) bond motifs is 1. The van der Waals surface area contributed by atoms with Gasteiger partial charge in [0.15, 0.2) is 0 Å². The van der Waals surface area contributed by atoms with Crippen LogP contribution in [-0.2, 0) is 6.42 Å². The molecule has 0 aliphatic carbocycles. The second-order valence-corrected chi connectivity index (χ2v) is 6.73. The quantitative estimate of drug-likeness (QED) is 0.601. The molecule has 3 rings (SSSR count). The molecule has 19 heavy (non-hydrogen) atoms. The lowest BCUT2D eigenvalue weighted by Crippen LogP contribution is -1.95. The number of rotatable bonds is 2. The van der Waals surface area contributed by atoms with E-state index in [4.69, 9.17) is 16.3 Å². The lowest BCUT2D eigenvalue weighted by molar-refractivity contribution is 0.357. The fraction of sp³-hybridized carbons (Fsp3) is 0.200. The molecule has 4 heteroatoms. The van der Waals surface area contributed by atoms with Crippen molar-refractivity contribution in [2.24, 2.45) is 0 Å². The van der Waals surface area contributed by atoms with Gasteiger partial charge in [-0.3, -0.25) is 0 Å². The van der Waals surface area contributed by atoms with Crippen molar-refractivity contribution in [3.05, 3.63) is 62.6 Å². The molecule has 0 spiro atoms. The third-order valence-corrected chi connectivity index (χ3v) is 5.10. The third-order valence-electron chi connectivity index (χ3n) is 3.24. The van der Waals surface area contributed by atoms with Crippen LogP contribution in [0.5, 0.6) is 5.75 Å². The van der Waals surface area contributed by atoms with Crippen molar-refractivity contribution >= 4 is 43.5 Å². The van der Waals surface area contributed by atoms with Gasteiger partial charge in [-0.2, -0.15) is 0 Å². The molecule has 0 bridgehead atoms. The van der Waals surface area contributed by atoms with E-state index in [-0.39, 0.29) is 4.83 Å². The molecule has 98 valence electrons. The molecule has 0 radical (unpaired) electrons. The molecule has 1 nitrogen and oxygen atoms in total. The maximum Gasteiger partial charge on any atom is 0.122 e. The zero-order chi connectivity index (χ0) is 13.4. The van der Waals surface area contributed by atoms with Crippen molar-refractivity contribution in [3.63, 3.8) is 0 Å². The van der Waals surface area contributed by atoms with Crippen LogP contribution in [0.25, 0.3) is 0 Å². The summed E-state index contributed by atoms with van der Waals surface area (Å²) in [6.07, 6.45) is 0.981. The van der Waals surface area contributed by atoms with E-state index >= 15 is 0 Å². The van der Waals surface area contributed by atoms with Gasteiger partial charge in [0.1, 0.15) is 5.75 Å². The summed E-state index contributed by atoms with van der Waals surface area (Å²) in [6.45, 7) is 0.781. The van der Waals surface area contributed by atoms with Crippen molar-refractivity contribution in [3.8, 4) is 5.75 Å². The molecule has 0 amide bonds. The molecule has 1 atom stereocenters. The molecule has 2 aromatic rings. The first-order chi connectivity index (χ1) is 9.15. The summed E-state index contributed by atoms with van der Waals surface area (Å²) in [7, 11) is 0. The number of benzene rings is 2. The molecule has 0 saturated carbocycles. The minimum atomic E-state index is 0.0865. The highest BCUT2D eigenvalue weighted by atomic mass is 79.9. The van der Waals surface area contributed by atoms with Crippen LogP contribution in [0.1, 0.15) is 21.5 Å². The Bertz CT molecular complexity index is 628. The molecule has 1 heterocycles. The molecular weight excluding hydrogens is 391 g/mol. The lowest BCUT2D eigenvalue weighted by atomic mass is 10.0. The van der Waals surface area contributed by atoms with Gasteiger partial charge in [-0.15, -0.1) is 0 Å². The van der Waals surface area contributed by atoms with Crippen LogP contribution in [0.3, 0.4) is 0 Å². The molecule has 1 unspecified atom stereocenters. The summed E-state index contributed by atoms with van der Waals surface area (Å²) < 4.78 is 6.56. The third kappa shape index (κ3) is 2.69. The van der Waals surface area contributed by atoms with E-state index in [1.807, 2.05) is 24.3 Å². The smallest absolute Gasteiger partial charge is 0.122 e. The molecule has 0 aromatic heterocycles. The Morgan fingerprint density at radius 1 is 1.16 bits per heavy atom. The molecule has 1 aliphatic rings. The average Bonchev–Trinajstić information content (AvgIpc) is 2.88. The maximum atomic E-state index is 6.28. The standard InChI is InChI=1S/C15H11Br2ClO/c16-11-2-3-13(18)12(8-11)15(17)10-1-4-14-9(7-10)5-6-19-14/h1-4,7-8,15H,5-6H2. The molecule has 0 fully saturated rings. The topological polar surface area (TPSA) is 9.23 Å². The first-order valence-corrected chi connectivity index (χ1v) is 8.08. The van der Waals surface area contributed by atoms with E-state index < -0.39 is 0 Å². The van der Waals surface area contributed by atoms with Gasteiger partial charge in [0.25, 0.3) is 0 Å². The maximum absolute atomic E-state index is 6.28. The normalized spacial score (nSPS) is 14.9. The van der Waals surface area contributed by atoms with Crippen LogP contribution in [-0.4, -0.2) is 6.61 Å². The van der Waals surface area contributed by atoms with Crippen LogP contribution >= 0.6 is 43.5 Å². The zero-order valence-corrected chi connectivity index (χ0v) is 13.9. The van der Waals surface area contributed by atoms with Crippen LogP contribution in [0.15, 0.2) is 40.9 Å². The number of ether oxygens (including phenoxy) is 1. The summed E-state index contributed by atoms with van der Waals surface area (Å²) in [5.41, 5.74) is 3.53. The second-order valence-electron chi connectivity index (χ2n) is 4.49. The van der Waals surface area contributed by atoms with Crippen LogP contribution < -0.4 is 4.74 Å². The lowest BCUT2D eigenvalue weighted by Gasteiger charge is -2.14. The zero-order valence-electron chi connectivity index (χ0n) is 10.00. The summed E-state index contributed by atoms with van der Waals surface area (Å²) in [5.74, 6) is 1.00. The number of alkyl halides is 1. The molecule has 2 aromatic carbocycles. The first-order valence-electron chi connectivity index (χ1n) is 6.00. The van der Waals surface area contributed by atoms with Gasteiger partial charge in [0.2, 0.25) is 0 Å². The van der Waals surface area contributed by atoms with Gasteiger partial charge in [0.05, 0.1) is 11.4 Å². The van der Waals surface area contributed by atoms with Gasteiger partial charge >= 0.3 is 0 Å². The monoisotopic (exact) mass is 400 g/mol. The van der Waals surface area contributed by atoms with E-state index in [0.717, 1.165) is 33.8 Å². The molecule has 0 saturated heterocycles. The Balaban J connectivity index is 1.99. The summed E-state index contributed by atoms with van der Waals surface area (Å²) in [6, 6.07) is 12.2. The van der Waals surface area contributed by atoms with Crippen molar-refractivity contribution in [2.45, 2.75) is 11.2 Å². The first kappa shape index (κ1) is 13.5. The van der Waals surface area contributed by atoms with Crippen LogP contribution in [0.4, 0.5) is 0 Å². The number of hydrogen-bond acceptors (Lipinski definition) is 1. The highest BCUT2D eigenvalue weighted by molar-refractivity contribution is 9.10. The predicted molar refractivity (Wildman–Crippen MR) is 85.6 cm³/mol. The van der Waals surface area contributed by atoms with Gasteiger partial charge in [-0.25, -0.2) is 0 Å². The fourth-order valence-corrected chi connectivity index (χ4v) is 3.65. The van der Waals surface area contributed by atoms with Gasteiger partial charge in [-0.05, 0) is 41.0 Å². The summed E-state index contributed by atoms with van der Waals surface area (Å²) in [4.78, 5) is 0.0865. The second kappa shape index (κ2) is 5.47. The molecule has 0 N–H and O–H groups in total. The van der Waals surface area contributed by atoms with Crippen molar-refractivity contribution in [1.82, 2.24) is 0 Å². The predicted octanol–water partition coefficient (Wildman–Crippen LogP) is 5.52. The highest BCUT2D eigenvalue weighted by Crippen LogP contribution is 2.38. The van der Waals surface area contributed by atoms with Crippen molar-refractivity contribution in [2.75, 3.05) is 6.61 Å². The average molecular weight is 403 g/mol. The summed E-state index contributed by atoms with van der Waals surface area (Å²) in [5, 5.41) is 0.766. The number of halogens is 3. The summed E-state index contributed by atoms with van der Waals surface area (Å²) >= 11 is 13.5. The van der Waals surface area contributed by atoms with E-state index in [1.54, 1.807) is 0 Å². The van der Waals surface area contributed by atoms with E-state index in [2.05, 4.69) is 44.0 Å². The fourth-order valence-electron chi connectivity index (χ4n) is 2.25. The largest absolute Gasteiger partial charge is 0.493 e. The Morgan fingerprint density at radius 2 is 2.00 bits per heavy atom. The minimum absolute atomic E-state index is 0.0865. The van der Waals surface area contributed by atoms with Crippen LogP contribution in [0, 0.1) is 0 Å². The molecule has 1 aliphatic heterocycles. The van der Waals surface area contributed by atoms with Gasteiger partial charge < -0.3 is 4.74 Å².